The normalized spacial score (nSPS) is 13.1. The molecule has 1 N–H and O–H groups in total. The molecule has 0 atom stereocenters. The zero-order chi connectivity index (χ0) is 19.0. The summed E-state index contributed by atoms with van der Waals surface area (Å²) < 4.78 is 1.96. The Balaban J connectivity index is 1.61. The van der Waals surface area contributed by atoms with Crippen molar-refractivity contribution < 1.29 is 4.79 Å². The van der Waals surface area contributed by atoms with E-state index in [-0.39, 0.29) is 12.5 Å². The Hall–Kier alpha value is -2.69. The molecule has 0 saturated carbocycles. The first kappa shape index (κ1) is 17.7. The van der Waals surface area contributed by atoms with Gasteiger partial charge in [-0.2, -0.15) is 5.26 Å². The average Bonchev–Trinajstić information content (AvgIpc) is 3.28. The lowest BCUT2D eigenvalue weighted by molar-refractivity contribution is -0.116. The summed E-state index contributed by atoms with van der Waals surface area (Å²) >= 11 is 1.55. The highest BCUT2D eigenvalue weighted by molar-refractivity contribution is 7.16. The molecule has 1 aliphatic carbocycles. The highest BCUT2D eigenvalue weighted by Crippen LogP contribution is 2.38. The van der Waals surface area contributed by atoms with Crippen molar-refractivity contribution in [3.8, 4) is 6.07 Å². The lowest BCUT2D eigenvalue weighted by Gasteiger charge is -2.13. The van der Waals surface area contributed by atoms with E-state index in [1.165, 1.54) is 4.88 Å². The first-order valence-electron chi connectivity index (χ1n) is 9.00. The zero-order valence-electron chi connectivity index (χ0n) is 15.5. The molecule has 0 saturated heterocycles. The van der Waals surface area contributed by atoms with Gasteiger partial charge in [0.05, 0.1) is 23.1 Å². The van der Waals surface area contributed by atoms with Gasteiger partial charge in [0.15, 0.2) is 0 Å². The lowest BCUT2D eigenvalue weighted by Crippen LogP contribution is -2.22. The van der Waals surface area contributed by atoms with Crippen molar-refractivity contribution in [1.29, 1.82) is 5.26 Å². The van der Waals surface area contributed by atoms with Crippen LogP contribution < -0.4 is 5.32 Å². The van der Waals surface area contributed by atoms with Crippen LogP contribution in [0.3, 0.4) is 0 Å². The van der Waals surface area contributed by atoms with Crippen LogP contribution in [-0.2, 0) is 30.7 Å². The number of amides is 1. The van der Waals surface area contributed by atoms with Crippen molar-refractivity contribution in [2.75, 3.05) is 19.4 Å². The number of aryl methyl sites for hydroxylation is 1. The molecule has 0 fully saturated rings. The molecule has 0 radical (unpaired) electrons. The van der Waals surface area contributed by atoms with Crippen LogP contribution in [0.15, 0.2) is 24.3 Å². The number of carbonyl (C=O) groups excluding carboxylic acids is 1. The number of rotatable bonds is 5. The number of para-hydroxylation sites is 2. The summed E-state index contributed by atoms with van der Waals surface area (Å²) in [6.45, 7) is 0.829. The first-order chi connectivity index (χ1) is 13.1. The molecular formula is C20H21N5OS. The Bertz CT molecular complexity index is 1060. The summed E-state index contributed by atoms with van der Waals surface area (Å²) in [5.41, 5.74) is 3.60. The number of imidazole rings is 1. The van der Waals surface area contributed by atoms with Crippen molar-refractivity contribution in [3.63, 3.8) is 0 Å². The summed E-state index contributed by atoms with van der Waals surface area (Å²) in [5.74, 6) is 0.722. The van der Waals surface area contributed by atoms with E-state index in [2.05, 4.69) is 16.4 Å². The fourth-order valence-electron chi connectivity index (χ4n) is 3.63. The van der Waals surface area contributed by atoms with Crippen LogP contribution in [-0.4, -0.2) is 34.5 Å². The van der Waals surface area contributed by atoms with E-state index in [0.29, 0.717) is 17.1 Å². The maximum Gasteiger partial charge on any atom is 0.245 e. The van der Waals surface area contributed by atoms with E-state index in [4.69, 9.17) is 0 Å². The fourth-order valence-corrected chi connectivity index (χ4v) is 4.88. The third-order valence-corrected chi connectivity index (χ3v) is 5.99. The van der Waals surface area contributed by atoms with Gasteiger partial charge >= 0.3 is 0 Å². The van der Waals surface area contributed by atoms with Gasteiger partial charge in [-0.1, -0.05) is 12.1 Å². The number of benzene rings is 1. The first-order valence-corrected chi connectivity index (χ1v) is 9.82. The predicted molar refractivity (Wildman–Crippen MR) is 107 cm³/mol. The van der Waals surface area contributed by atoms with E-state index in [1.807, 2.05) is 47.8 Å². The van der Waals surface area contributed by atoms with Crippen LogP contribution in [0.4, 0.5) is 5.00 Å². The Labute approximate surface area is 162 Å². The third kappa shape index (κ3) is 3.34. The van der Waals surface area contributed by atoms with E-state index >= 15 is 0 Å². The second kappa shape index (κ2) is 7.14. The van der Waals surface area contributed by atoms with Gasteiger partial charge in [-0.3, -0.25) is 4.79 Å². The minimum atomic E-state index is -0.130. The number of anilines is 1. The van der Waals surface area contributed by atoms with Crippen LogP contribution in [0.5, 0.6) is 0 Å². The van der Waals surface area contributed by atoms with E-state index in [1.54, 1.807) is 11.3 Å². The predicted octanol–water partition coefficient (Wildman–Crippen LogP) is 3.16. The van der Waals surface area contributed by atoms with Gasteiger partial charge in [0.25, 0.3) is 0 Å². The Morgan fingerprint density at radius 1 is 1.37 bits per heavy atom. The molecule has 27 heavy (non-hydrogen) atoms. The highest BCUT2D eigenvalue weighted by Gasteiger charge is 2.23. The molecule has 1 aliphatic rings. The second-order valence-corrected chi connectivity index (χ2v) is 8.17. The number of aromatic nitrogens is 2. The van der Waals surface area contributed by atoms with Crippen LogP contribution in [0.1, 0.15) is 28.2 Å². The molecule has 2 aromatic heterocycles. The Morgan fingerprint density at radius 3 is 2.96 bits per heavy atom. The number of hydrogen-bond donors (Lipinski definition) is 1. The minimum Gasteiger partial charge on any atom is -0.317 e. The molecule has 2 heterocycles. The summed E-state index contributed by atoms with van der Waals surface area (Å²) in [4.78, 5) is 20.7. The molecule has 1 amide bonds. The van der Waals surface area contributed by atoms with Crippen molar-refractivity contribution >= 4 is 33.3 Å². The molecule has 0 bridgehead atoms. The topological polar surface area (TPSA) is 74.0 Å². The van der Waals surface area contributed by atoms with E-state index in [9.17, 15) is 10.1 Å². The number of thiophene rings is 1. The van der Waals surface area contributed by atoms with Gasteiger partial charge in [0.1, 0.15) is 23.4 Å². The zero-order valence-corrected chi connectivity index (χ0v) is 16.3. The van der Waals surface area contributed by atoms with Gasteiger partial charge in [-0.25, -0.2) is 4.98 Å². The summed E-state index contributed by atoms with van der Waals surface area (Å²) in [5, 5.41) is 13.2. The number of fused-ring (bicyclic) bond motifs is 2. The van der Waals surface area contributed by atoms with Crippen molar-refractivity contribution in [2.24, 2.45) is 0 Å². The number of nitrogens with one attached hydrogen (secondary N) is 1. The van der Waals surface area contributed by atoms with Gasteiger partial charge < -0.3 is 14.8 Å². The number of carbonyl (C=O) groups is 1. The monoisotopic (exact) mass is 379 g/mol. The van der Waals surface area contributed by atoms with Gasteiger partial charge in [-0.05, 0) is 51.1 Å². The third-order valence-electron chi connectivity index (χ3n) is 4.78. The maximum absolute atomic E-state index is 12.8. The van der Waals surface area contributed by atoms with E-state index in [0.717, 1.165) is 41.7 Å². The van der Waals surface area contributed by atoms with Crippen molar-refractivity contribution in [2.45, 2.75) is 32.4 Å². The molecule has 1 aromatic carbocycles. The molecule has 0 spiro atoms. The number of nitriles is 1. The number of hydrogen-bond acceptors (Lipinski definition) is 5. The SMILES string of the molecule is CN(C)Cc1nc2ccccc2n1CC(=O)Nc1sc2c(c1C#N)CCC2. The van der Waals surface area contributed by atoms with Gasteiger partial charge in [-0.15, -0.1) is 11.3 Å². The van der Waals surface area contributed by atoms with Gasteiger partial charge in [0, 0.05) is 4.88 Å². The Morgan fingerprint density at radius 2 is 2.19 bits per heavy atom. The highest BCUT2D eigenvalue weighted by atomic mass is 32.1. The standard InChI is InChI=1S/C20H21N5OS/c1-24(2)11-18-22-15-7-3-4-8-16(15)25(18)12-19(26)23-20-14(10-21)13-6-5-9-17(13)27-20/h3-4,7-8H,5-6,9,11-12H2,1-2H3,(H,23,26). The summed E-state index contributed by atoms with van der Waals surface area (Å²) in [6, 6.07) is 10.1. The van der Waals surface area contributed by atoms with E-state index < -0.39 is 0 Å². The second-order valence-electron chi connectivity index (χ2n) is 7.06. The van der Waals surface area contributed by atoms with Crippen LogP contribution in [0, 0.1) is 11.3 Å². The molecule has 4 rings (SSSR count). The fraction of sp³-hybridized carbons (Fsp3) is 0.350. The quantitative estimate of drug-likeness (QED) is 0.739. The van der Waals surface area contributed by atoms with Gasteiger partial charge in [0.2, 0.25) is 5.91 Å². The molecular weight excluding hydrogens is 358 g/mol. The summed E-state index contributed by atoms with van der Waals surface area (Å²) in [7, 11) is 3.96. The molecule has 0 aliphatic heterocycles. The number of nitrogens with zero attached hydrogens (tertiary/aromatic N) is 4. The van der Waals surface area contributed by atoms with Crippen molar-refractivity contribution in [3.05, 3.63) is 46.1 Å². The minimum absolute atomic E-state index is 0.130. The lowest BCUT2D eigenvalue weighted by atomic mass is 10.1. The smallest absolute Gasteiger partial charge is 0.245 e. The Kier molecular flexibility index (Phi) is 4.68. The van der Waals surface area contributed by atoms with Crippen LogP contribution >= 0.6 is 11.3 Å². The van der Waals surface area contributed by atoms with Crippen LogP contribution in [0.25, 0.3) is 11.0 Å². The molecule has 0 unspecified atom stereocenters. The van der Waals surface area contributed by atoms with Crippen molar-refractivity contribution in [1.82, 2.24) is 14.5 Å². The summed E-state index contributed by atoms with van der Waals surface area (Å²) in [6.07, 6.45) is 3.03. The molecule has 3 aromatic rings. The molecule has 6 nitrogen and oxygen atoms in total. The van der Waals surface area contributed by atoms with Crippen LogP contribution in [0.2, 0.25) is 0 Å². The molecule has 138 valence electrons. The maximum atomic E-state index is 12.8. The largest absolute Gasteiger partial charge is 0.317 e. The molecule has 7 heteroatoms. The average molecular weight is 379 g/mol.